The van der Waals surface area contributed by atoms with Crippen molar-refractivity contribution < 1.29 is 9.63 Å². The highest BCUT2D eigenvalue weighted by Crippen LogP contribution is 2.09. The number of pyridine rings is 1. The highest BCUT2D eigenvalue weighted by atomic mass is 16.5. The number of aryl methyl sites for hydroxylation is 1. The topological polar surface area (TPSA) is 62.4 Å². The zero-order valence-electron chi connectivity index (χ0n) is 10.4. The van der Waals surface area contributed by atoms with Crippen molar-refractivity contribution in [3.05, 3.63) is 47.6 Å². The first kappa shape index (κ1) is 12.7. The van der Waals surface area contributed by atoms with Gasteiger partial charge in [-0.05, 0) is 18.6 Å². The van der Waals surface area contributed by atoms with Crippen LogP contribution in [0.1, 0.15) is 17.0 Å². The van der Waals surface area contributed by atoms with Crippen LogP contribution in [0.5, 0.6) is 0 Å². The molecule has 96 valence electrons. The second kappa shape index (κ2) is 6.28. The van der Waals surface area contributed by atoms with E-state index in [0.717, 1.165) is 23.6 Å². The van der Waals surface area contributed by atoms with Gasteiger partial charge in [0.15, 0.2) is 0 Å². The molecule has 5 nitrogen and oxygen atoms in total. The molecule has 0 aliphatic carbocycles. The monoisotopic (exact) mass is 247 g/mol. The van der Waals surface area contributed by atoms with E-state index in [9.17, 15) is 0 Å². The van der Waals surface area contributed by atoms with Crippen LogP contribution in [0.3, 0.4) is 0 Å². The first-order chi connectivity index (χ1) is 8.78. The van der Waals surface area contributed by atoms with E-state index in [1.165, 1.54) is 0 Å². The van der Waals surface area contributed by atoms with Crippen LogP contribution in [0.15, 0.2) is 35.1 Å². The molecule has 2 aromatic rings. The molecule has 0 saturated heterocycles. The summed E-state index contributed by atoms with van der Waals surface area (Å²) in [6, 6.07) is 5.84. The fourth-order valence-electron chi connectivity index (χ4n) is 1.83. The minimum absolute atomic E-state index is 0.122. The quantitative estimate of drug-likeness (QED) is 0.835. The number of hydrogen-bond donors (Lipinski definition) is 1. The van der Waals surface area contributed by atoms with Gasteiger partial charge in [-0.2, -0.15) is 0 Å². The summed E-state index contributed by atoms with van der Waals surface area (Å²) >= 11 is 0. The van der Waals surface area contributed by atoms with Gasteiger partial charge in [-0.25, -0.2) is 0 Å². The Labute approximate surface area is 106 Å². The van der Waals surface area contributed by atoms with Gasteiger partial charge in [-0.3, -0.25) is 9.88 Å². The summed E-state index contributed by atoms with van der Waals surface area (Å²) < 4.78 is 5.04. The van der Waals surface area contributed by atoms with Crippen LogP contribution < -0.4 is 0 Å². The summed E-state index contributed by atoms with van der Waals surface area (Å²) in [7, 11) is 0. The first-order valence-electron chi connectivity index (χ1n) is 5.92. The zero-order chi connectivity index (χ0) is 12.8. The van der Waals surface area contributed by atoms with Gasteiger partial charge in [0.05, 0.1) is 12.3 Å². The lowest BCUT2D eigenvalue weighted by atomic mass is 10.2. The number of nitrogens with zero attached hydrogens (tertiary/aromatic N) is 3. The molecule has 0 fully saturated rings. The molecule has 1 N–H and O–H groups in total. The van der Waals surface area contributed by atoms with Crippen molar-refractivity contribution in [3.8, 4) is 0 Å². The lowest BCUT2D eigenvalue weighted by Gasteiger charge is -2.19. The molecule has 0 bridgehead atoms. The highest BCUT2D eigenvalue weighted by Gasteiger charge is 2.09. The molecule has 0 aliphatic rings. The Balaban J connectivity index is 1.99. The van der Waals surface area contributed by atoms with Crippen molar-refractivity contribution in [2.75, 3.05) is 13.2 Å². The van der Waals surface area contributed by atoms with Gasteiger partial charge < -0.3 is 9.63 Å². The minimum atomic E-state index is 0.122. The molecule has 0 aliphatic heterocycles. The molecule has 2 aromatic heterocycles. The zero-order valence-corrected chi connectivity index (χ0v) is 10.4. The standard InChI is InChI=1S/C13H17N3O2/c1-11-7-13(15-18-11)10-16(5-6-17)9-12-3-2-4-14-8-12/h2-4,7-8,17H,5-6,9-10H2,1H3. The van der Waals surface area contributed by atoms with Gasteiger partial charge in [0, 0.05) is 38.1 Å². The van der Waals surface area contributed by atoms with Crippen LogP contribution in [-0.4, -0.2) is 33.3 Å². The van der Waals surface area contributed by atoms with Crippen molar-refractivity contribution in [2.24, 2.45) is 0 Å². The maximum Gasteiger partial charge on any atom is 0.133 e. The van der Waals surface area contributed by atoms with Crippen LogP contribution in [0.2, 0.25) is 0 Å². The predicted octanol–water partition coefficient (Wildman–Crippen LogP) is 1.37. The average Bonchev–Trinajstić information content (AvgIpc) is 2.76. The molecule has 0 spiro atoms. The molecule has 5 heteroatoms. The largest absolute Gasteiger partial charge is 0.395 e. The molecule has 0 saturated carbocycles. The SMILES string of the molecule is Cc1cc(CN(CCO)Cc2cccnc2)no1. The van der Waals surface area contributed by atoms with E-state index in [0.29, 0.717) is 13.1 Å². The van der Waals surface area contributed by atoms with Gasteiger partial charge in [-0.15, -0.1) is 0 Å². The molecule has 0 radical (unpaired) electrons. The lowest BCUT2D eigenvalue weighted by Crippen LogP contribution is -2.26. The second-order valence-electron chi connectivity index (χ2n) is 4.22. The summed E-state index contributed by atoms with van der Waals surface area (Å²) in [5.74, 6) is 0.801. The van der Waals surface area contributed by atoms with E-state index in [1.54, 1.807) is 6.20 Å². The van der Waals surface area contributed by atoms with Crippen molar-refractivity contribution in [1.29, 1.82) is 0 Å². The molecule has 2 heterocycles. The van der Waals surface area contributed by atoms with E-state index in [2.05, 4.69) is 15.0 Å². The molecule has 2 rings (SSSR count). The van der Waals surface area contributed by atoms with Crippen LogP contribution in [0, 0.1) is 6.92 Å². The van der Waals surface area contributed by atoms with Gasteiger partial charge in [0.2, 0.25) is 0 Å². The van der Waals surface area contributed by atoms with Gasteiger partial charge in [-0.1, -0.05) is 11.2 Å². The Hall–Kier alpha value is -1.72. The van der Waals surface area contributed by atoms with E-state index in [-0.39, 0.29) is 6.61 Å². The third kappa shape index (κ3) is 3.65. The van der Waals surface area contributed by atoms with Crippen molar-refractivity contribution >= 4 is 0 Å². The van der Waals surface area contributed by atoms with Gasteiger partial charge >= 0.3 is 0 Å². The Bertz CT molecular complexity index is 470. The average molecular weight is 247 g/mol. The Morgan fingerprint density at radius 3 is 2.89 bits per heavy atom. The Morgan fingerprint density at radius 1 is 1.39 bits per heavy atom. The van der Waals surface area contributed by atoms with Crippen molar-refractivity contribution in [2.45, 2.75) is 20.0 Å². The Morgan fingerprint density at radius 2 is 2.28 bits per heavy atom. The number of rotatable bonds is 6. The number of hydrogen-bond acceptors (Lipinski definition) is 5. The molecule has 0 unspecified atom stereocenters. The molecule has 18 heavy (non-hydrogen) atoms. The second-order valence-corrected chi connectivity index (χ2v) is 4.22. The van der Waals surface area contributed by atoms with E-state index in [4.69, 9.17) is 9.63 Å². The van der Waals surface area contributed by atoms with Crippen LogP contribution >= 0.6 is 0 Å². The predicted molar refractivity (Wildman–Crippen MR) is 66.7 cm³/mol. The summed E-state index contributed by atoms with van der Waals surface area (Å²) in [5, 5.41) is 13.1. The Kier molecular flexibility index (Phi) is 4.44. The third-order valence-corrected chi connectivity index (χ3v) is 2.61. The molecule has 0 amide bonds. The summed E-state index contributed by atoms with van der Waals surface area (Å²) in [5.41, 5.74) is 2.00. The fourth-order valence-corrected chi connectivity index (χ4v) is 1.83. The summed E-state index contributed by atoms with van der Waals surface area (Å²) in [4.78, 5) is 6.19. The lowest BCUT2D eigenvalue weighted by molar-refractivity contribution is 0.180. The highest BCUT2D eigenvalue weighted by molar-refractivity contribution is 5.09. The van der Waals surface area contributed by atoms with Crippen molar-refractivity contribution in [3.63, 3.8) is 0 Å². The van der Waals surface area contributed by atoms with Crippen LogP contribution in [-0.2, 0) is 13.1 Å². The summed E-state index contributed by atoms with van der Waals surface area (Å²) in [6.07, 6.45) is 3.58. The van der Waals surface area contributed by atoms with Crippen LogP contribution in [0.25, 0.3) is 0 Å². The normalized spacial score (nSPS) is 11.1. The number of aromatic nitrogens is 2. The smallest absolute Gasteiger partial charge is 0.133 e. The first-order valence-corrected chi connectivity index (χ1v) is 5.92. The van der Waals surface area contributed by atoms with E-state index >= 15 is 0 Å². The maximum absolute atomic E-state index is 9.10. The number of aliphatic hydroxyl groups is 1. The number of aliphatic hydroxyl groups excluding tert-OH is 1. The third-order valence-electron chi connectivity index (χ3n) is 2.61. The fraction of sp³-hybridized carbons (Fsp3) is 0.385. The summed E-state index contributed by atoms with van der Waals surface area (Å²) in [6.45, 7) is 3.99. The molecular weight excluding hydrogens is 230 g/mol. The van der Waals surface area contributed by atoms with Crippen LogP contribution in [0.4, 0.5) is 0 Å². The van der Waals surface area contributed by atoms with Crippen molar-refractivity contribution in [1.82, 2.24) is 15.0 Å². The molecule has 0 aromatic carbocycles. The van der Waals surface area contributed by atoms with Gasteiger partial charge in [0.1, 0.15) is 5.76 Å². The molecule has 0 atom stereocenters. The van der Waals surface area contributed by atoms with Gasteiger partial charge in [0.25, 0.3) is 0 Å². The molecular formula is C13H17N3O2. The van der Waals surface area contributed by atoms with E-state index in [1.807, 2.05) is 31.3 Å². The van der Waals surface area contributed by atoms with E-state index < -0.39 is 0 Å². The minimum Gasteiger partial charge on any atom is -0.395 e. The maximum atomic E-state index is 9.10.